The molecular weight excluding hydrogens is 302 g/mol. The van der Waals surface area contributed by atoms with Gasteiger partial charge in [0.05, 0.1) is 11.4 Å². The highest BCUT2D eigenvalue weighted by molar-refractivity contribution is 6.27. The molecule has 22 heavy (non-hydrogen) atoms. The molecule has 1 aromatic carbocycles. The number of benzene rings is 1. The molecule has 0 radical (unpaired) electrons. The van der Waals surface area contributed by atoms with Crippen molar-refractivity contribution in [3.05, 3.63) is 48.3 Å². The smallest absolute Gasteiger partial charge is 0.249 e. The summed E-state index contributed by atoms with van der Waals surface area (Å²) in [7, 11) is 3.80. The fourth-order valence-electron chi connectivity index (χ4n) is 1.73. The van der Waals surface area contributed by atoms with Crippen LogP contribution in [0.15, 0.2) is 48.3 Å². The number of amides is 1. The Balaban J connectivity index is 2.22. The number of nitrogens with zero attached hydrogens (tertiary/aromatic N) is 3. The van der Waals surface area contributed by atoms with Crippen molar-refractivity contribution in [1.29, 1.82) is 0 Å². The van der Waals surface area contributed by atoms with Gasteiger partial charge in [0.15, 0.2) is 0 Å². The highest BCUT2D eigenvalue weighted by atomic mass is 35.5. The summed E-state index contributed by atoms with van der Waals surface area (Å²) < 4.78 is 0. The second-order valence-electron chi connectivity index (χ2n) is 4.61. The minimum absolute atomic E-state index is 0.305. The Labute approximate surface area is 133 Å². The van der Waals surface area contributed by atoms with Gasteiger partial charge in [-0.05, 0) is 12.1 Å². The van der Waals surface area contributed by atoms with Gasteiger partial charge in [-0.3, -0.25) is 4.79 Å². The maximum atomic E-state index is 11.6. The zero-order valence-electron chi connectivity index (χ0n) is 12.2. The van der Waals surface area contributed by atoms with Crippen LogP contribution >= 0.6 is 11.6 Å². The molecule has 6 nitrogen and oxygen atoms in total. The van der Waals surface area contributed by atoms with E-state index in [0.717, 1.165) is 11.5 Å². The van der Waals surface area contributed by atoms with Crippen molar-refractivity contribution in [2.45, 2.75) is 0 Å². The second kappa shape index (κ2) is 7.42. The van der Waals surface area contributed by atoms with Crippen molar-refractivity contribution >= 4 is 40.5 Å². The zero-order chi connectivity index (χ0) is 15.9. The monoisotopic (exact) mass is 317 g/mol. The lowest BCUT2D eigenvalue weighted by Gasteiger charge is -2.14. The van der Waals surface area contributed by atoms with Crippen LogP contribution in [-0.2, 0) is 4.79 Å². The first-order valence-electron chi connectivity index (χ1n) is 6.53. The SMILES string of the molecule is CN(C)c1cc(Nc2ccccc2NC(=O)/C=C\Cl)ncn1. The summed E-state index contributed by atoms with van der Waals surface area (Å²) >= 11 is 5.40. The van der Waals surface area contributed by atoms with Crippen molar-refractivity contribution in [3.8, 4) is 0 Å². The van der Waals surface area contributed by atoms with E-state index in [1.165, 1.54) is 17.9 Å². The first-order valence-corrected chi connectivity index (χ1v) is 6.97. The Bertz CT molecular complexity index is 687. The minimum atomic E-state index is -0.305. The number of para-hydroxylation sites is 2. The van der Waals surface area contributed by atoms with Crippen molar-refractivity contribution in [2.24, 2.45) is 0 Å². The summed E-state index contributed by atoms with van der Waals surface area (Å²) in [6.07, 6.45) is 2.72. The van der Waals surface area contributed by atoms with Crippen LogP contribution in [0.5, 0.6) is 0 Å². The highest BCUT2D eigenvalue weighted by Gasteiger charge is 2.06. The van der Waals surface area contributed by atoms with Crippen LogP contribution in [0.1, 0.15) is 0 Å². The Hall–Kier alpha value is -2.60. The van der Waals surface area contributed by atoms with E-state index in [1.54, 1.807) is 6.07 Å². The van der Waals surface area contributed by atoms with E-state index in [2.05, 4.69) is 20.6 Å². The first-order chi connectivity index (χ1) is 10.6. The van der Waals surface area contributed by atoms with E-state index in [4.69, 9.17) is 11.6 Å². The molecule has 7 heteroatoms. The van der Waals surface area contributed by atoms with Gasteiger partial charge in [-0.2, -0.15) is 0 Å². The van der Waals surface area contributed by atoms with Crippen LogP contribution in [0.3, 0.4) is 0 Å². The van der Waals surface area contributed by atoms with Gasteiger partial charge in [0.1, 0.15) is 18.0 Å². The Morgan fingerprint density at radius 1 is 1.23 bits per heavy atom. The van der Waals surface area contributed by atoms with Crippen molar-refractivity contribution in [1.82, 2.24) is 9.97 Å². The quantitative estimate of drug-likeness (QED) is 0.830. The fraction of sp³-hybridized carbons (Fsp3) is 0.133. The Morgan fingerprint density at radius 2 is 1.95 bits per heavy atom. The molecule has 0 aliphatic rings. The van der Waals surface area contributed by atoms with Crippen molar-refractivity contribution in [2.75, 3.05) is 29.6 Å². The molecule has 114 valence electrons. The van der Waals surface area contributed by atoms with Gasteiger partial charge >= 0.3 is 0 Å². The van der Waals surface area contributed by atoms with Crippen molar-refractivity contribution < 1.29 is 4.79 Å². The Morgan fingerprint density at radius 3 is 2.64 bits per heavy atom. The predicted molar refractivity (Wildman–Crippen MR) is 89.7 cm³/mol. The van der Waals surface area contributed by atoms with Crippen LogP contribution in [0.4, 0.5) is 23.0 Å². The zero-order valence-corrected chi connectivity index (χ0v) is 13.0. The second-order valence-corrected chi connectivity index (χ2v) is 4.86. The van der Waals surface area contributed by atoms with Crippen molar-refractivity contribution in [3.63, 3.8) is 0 Å². The van der Waals surface area contributed by atoms with Gasteiger partial charge in [0.2, 0.25) is 5.91 Å². The summed E-state index contributed by atoms with van der Waals surface area (Å²) in [6, 6.07) is 9.14. The third kappa shape index (κ3) is 4.20. The number of carbonyl (C=O) groups is 1. The lowest BCUT2D eigenvalue weighted by atomic mass is 10.2. The highest BCUT2D eigenvalue weighted by Crippen LogP contribution is 2.25. The van der Waals surface area contributed by atoms with E-state index in [1.807, 2.05) is 43.3 Å². The fourth-order valence-corrected chi connectivity index (χ4v) is 1.85. The number of halogens is 1. The maximum absolute atomic E-state index is 11.6. The van der Waals surface area contributed by atoms with Crippen LogP contribution in [0.2, 0.25) is 0 Å². The molecule has 1 amide bonds. The van der Waals surface area contributed by atoms with E-state index in [0.29, 0.717) is 11.5 Å². The predicted octanol–water partition coefficient (Wildman–Crippen LogP) is 2.98. The number of rotatable bonds is 5. The standard InChI is InChI=1S/C15H16ClN5O/c1-21(2)14-9-13(17-10-18-14)19-11-5-3-4-6-12(11)20-15(22)7-8-16/h3-10H,1-2H3,(H,20,22)(H,17,18,19)/b8-7-. The van der Waals surface area contributed by atoms with E-state index in [9.17, 15) is 4.79 Å². The number of nitrogens with one attached hydrogen (secondary N) is 2. The normalized spacial score (nSPS) is 10.5. The Kier molecular flexibility index (Phi) is 5.32. The molecule has 0 saturated carbocycles. The van der Waals surface area contributed by atoms with Gasteiger partial charge in [-0.25, -0.2) is 9.97 Å². The van der Waals surface area contributed by atoms with E-state index < -0.39 is 0 Å². The number of hydrogen-bond donors (Lipinski definition) is 2. The minimum Gasteiger partial charge on any atom is -0.363 e. The topological polar surface area (TPSA) is 70.2 Å². The molecule has 1 aromatic heterocycles. The van der Waals surface area contributed by atoms with Crippen LogP contribution in [-0.4, -0.2) is 30.0 Å². The molecule has 0 bridgehead atoms. The van der Waals surface area contributed by atoms with Gasteiger partial charge in [-0.15, -0.1) is 0 Å². The number of hydrogen-bond acceptors (Lipinski definition) is 5. The van der Waals surface area contributed by atoms with Crippen LogP contribution < -0.4 is 15.5 Å². The van der Waals surface area contributed by atoms with Crippen LogP contribution in [0.25, 0.3) is 0 Å². The number of aromatic nitrogens is 2. The molecule has 0 aliphatic heterocycles. The van der Waals surface area contributed by atoms with E-state index >= 15 is 0 Å². The molecule has 0 atom stereocenters. The molecule has 2 aromatic rings. The summed E-state index contributed by atoms with van der Waals surface area (Å²) in [4.78, 5) is 21.8. The van der Waals surface area contributed by atoms with E-state index in [-0.39, 0.29) is 5.91 Å². The summed E-state index contributed by atoms with van der Waals surface area (Å²) in [5.41, 5.74) is 2.52. The number of anilines is 4. The molecule has 2 N–H and O–H groups in total. The largest absolute Gasteiger partial charge is 0.363 e. The van der Waals surface area contributed by atoms with Gasteiger partial charge in [0.25, 0.3) is 0 Å². The maximum Gasteiger partial charge on any atom is 0.249 e. The average Bonchev–Trinajstić information content (AvgIpc) is 2.50. The molecule has 0 aliphatic carbocycles. The molecule has 1 heterocycles. The lowest BCUT2D eigenvalue weighted by Crippen LogP contribution is -2.12. The molecule has 0 unspecified atom stereocenters. The first kappa shape index (κ1) is 15.8. The summed E-state index contributed by atoms with van der Waals surface area (Å²) in [6.45, 7) is 0. The van der Waals surface area contributed by atoms with Gasteiger partial charge in [-0.1, -0.05) is 23.7 Å². The summed E-state index contributed by atoms with van der Waals surface area (Å²) in [5, 5.41) is 5.91. The average molecular weight is 318 g/mol. The third-order valence-electron chi connectivity index (χ3n) is 2.77. The number of carbonyl (C=O) groups excluding carboxylic acids is 1. The third-order valence-corrected chi connectivity index (χ3v) is 2.90. The molecule has 0 saturated heterocycles. The molecule has 0 fully saturated rings. The van der Waals surface area contributed by atoms with Crippen LogP contribution in [0, 0.1) is 0 Å². The summed E-state index contributed by atoms with van der Waals surface area (Å²) in [5.74, 6) is 1.11. The van der Waals surface area contributed by atoms with Gasteiger partial charge in [0, 0.05) is 31.8 Å². The van der Waals surface area contributed by atoms with Gasteiger partial charge < -0.3 is 15.5 Å². The lowest BCUT2D eigenvalue weighted by molar-refractivity contribution is -0.111. The molecular formula is C15H16ClN5O. The molecule has 0 spiro atoms. The molecule has 2 rings (SSSR count).